The summed E-state index contributed by atoms with van der Waals surface area (Å²) >= 11 is 5.35. The Morgan fingerprint density at radius 2 is 2.06 bits per heavy atom. The van der Waals surface area contributed by atoms with E-state index in [0.717, 1.165) is 18.3 Å². The lowest BCUT2D eigenvalue weighted by Crippen LogP contribution is -2.43. The molecule has 0 atom stereocenters. The van der Waals surface area contributed by atoms with Crippen LogP contribution in [0, 0.1) is 0 Å². The molecule has 1 saturated carbocycles. The lowest BCUT2D eigenvalue weighted by molar-refractivity contribution is 0.0723. The maximum absolute atomic E-state index is 5.50. The molecule has 0 aromatic heterocycles. The number of ether oxygens (including phenoxy) is 1. The van der Waals surface area contributed by atoms with Crippen LogP contribution in [0.1, 0.15) is 39.5 Å². The first-order valence-corrected chi connectivity index (χ1v) is 6.63. The molecule has 0 bridgehead atoms. The van der Waals surface area contributed by atoms with Gasteiger partial charge in [0.15, 0.2) is 5.11 Å². The highest BCUT2D eigenvalue weighted by atomic mass is 32.1. The average Bonchev–Trinajstić information content (AvgIpc) is 2.69. The van der Waals surface area contributed by atoms with E-state index in [1.807, 2.05) is 7.05 Å². The van der Waals surface area contributed by atoms with E-state index < -0.39 is 0 Å². The Kier molecular flexibility index (Phi) is 6.06. The summed E-state index contributed by atoms with van der Waals surface area (Å²) in [6.07, 6.45) is 5.48. The van der Waals surface area contributed by atoms with Gasteiger partial charge in [-0.2, -0.15) is 0 Å². The Morgan fingerprint density at radius 3 is 2.62 bits per heavy atom. The van der Waals surface area contributed by atoms with Crippen LogP contribution in [0.2, 0.25) is 0 Å². The topological polar surface area (TPSA) is 24.5 Å². The zero-order valence-corrected chi connectivity index (χ0v) is 11.5. The number of nitrogens with one attached hydrogen (secondary N) is 1. The Labute approximate surface area is 105 Å². The lowest BCUT2D eigenvalue weighted by Gasteiger charge is -2.24. The van der Waals surface area contributed by atoms with Gasteiger partial charge in [0.2, 0.25) is 0 Å². The monoisotopic (exact) mass is 244 g/mol. The molecule has 0 saturated heterocycles. The van der Waals surface area contributed by atoms with Crippen molar-refractivity contribution in [2.24, 2.45) is 0 Å². The van der Waals surface area contributed by atoms with Crippen LogP contribution < -0.4 is 5.32 Å². The zero-order chi connectivity index (χ0) is 12.0. The molecular weight excluding hydrogens is 220 g/mol. The van der Waals surface area contributed by atoms with Crippen molar-refractivity contribution in [3.63, 3.8) is 0 Å². The smallest absolute Gasteiger partial charge is 0.168 e. The van der Waals surface area contributed by atoms with Crippen molar-refractivity contribution in [3.05, 3.63) is 0 Å². The van der Waals surface area contributed by atoms with Gasteiger partial charge in [-0.05, 0) is 38.9 Å². The molecule has 94 valence electrons. The van der Waals surface area contributed by atoms with E-state index in [1.165, 1.54) is 25.7 Å². The van der Waals surface area contributed by atoms with Crippen LogP contribution in [0.4, 0.5) is 0 Å². The predicted octanol–water partition coefficient (Wildman–Crippen LogP) is 2.16. The highest BCUT2D eigenvalue weighted by molar-refractivity contribution is 7.80. The molecule has 1 aliphatic rings. The van der Waals surface area contributed by atoms with Gasteiger partial charge >= 0.3 is 0 Å². The first-order valence-electron chi connectivity index (χ1n) is 6.23. The minimum atomic E-state index is 0.296. The molecule has 3 nitrogen and oxygen atoms in total. The number of thiocarbonyl (C=S) groups is 1. The van der Waals surface area contributed by atoms with Crippen LogP contribution >= 0.6 is 12.2 Å². The van der Waals surface area contributed by atoms with E-state index in [1.54, 1.807) is 0 Å². The zero-order valence-electron chi connectivity index (χ0n) is 10.7. The van der Waals surface area contributed by atoms with Gasteiger partial charge in [-0.15, -0.1) is 0 Å². The van der Waals surface area contributed by atoms with Crippen molar-refractivity contribution in [2.75, 3.05) is 20.2 Å². The van der Waals surface area contributed by atoms with E-state index in [4.69, 9.17) is 17.0 Å². The lowest BCUT2D eigenvalue weighted by atomic mass is 10.2. The second kappa shape index (κ2) is 7.07. The highest BCUT2D eigenvalue weighted by Gasteiger charge is 2.16. The van der Waals surface area contributed by atoms with Gasteiger partial charge in [-0.1, -0.05) is 12.8 Å². The Morgan fingerprint density at radius 1 is 1.44 bits per heavy atom. The van der Waals surface area contributed by atoms with E-state index in [2.05, 4.69) is 24.1 Å². The van der Waals surface area contributed by atoms with Crippen LogP contribution in [0.3, 0.4) is 0 Å². The second-order valence-corrected chi connectivity index (χ2v) is 5.16. The summed E-state index contributed by atoms with van der Waals surface area (Å²) in [5.74, 6) is 0. The molecule has 0 aliphatic heterocycles. The number of rotatable bonds is 5. The van der Waals surface area contributed by atoms with Crippen molar-refractivity contribution in [3.8, 4) is 0 Å². The molecule has 1 rings (SSSR count). The Hall–Kier alpha value is -0.350. The summed E-state index contributed by atoms with van der Waals surface area (Å²) < 4.78 is 5.50. The summed E-state index contributed by atoms with van der Waals surface area (Å²) in [6.45, 7) is 5.70. The molecule has 0 amide bonds. The molecule has 0 aromatic rings. The third-order valence-corrected chi connectivity index (χ3v) is 3.34. The summed E-state index contributed by atoms with van der Waals surface area (Å²) in [5.41, 5.74) is 0. The summed E-state index contributed by atoms with van der Waals surface area (Å²) in [4.78, 5) is 2.07. The average molecular weight is 244 g/mol. The Bertz CT molecular complexity index is 215. The minimum absolute atomic E-state index is 0.296. The van der Waals surface area contributed by atoms with Gasteiger partial charge in [0.05, 0.1) is 12.7 Å². The van der Waals surface area contributed by atoms with Gasteiger partial charge in [0.25, 0.3) is 0 Å². The van der Waals surface area contributed by atoms with Crippen molar-refractivity contribution in [1.82, 2.24) is 10.2 Å². The van der Waals surface area contributed by atoms with Crippen molar-refractivity contribution >= 4 is 17.3 Å². The third kappa shape index (κ3) is 5.12. The number of likely N-dealkylation sites (N-methyl/N-ethyl adjacent to an activating group) is 1. The Balaban J connectivity index is 2.14. The molecule has 0 aromatic carbocycles. The van der Waals surface area contributed by atoms with E-state index in [9.17, 15) is 0 Å². The number of nitrogens with zero attached hydrogens (tertiary/aromatic N) is 1. The molecule has 16 heavy (non-hydrogen) atoms. The van der Waals surface area contributed by atoms with Crippen LogP contribution in [-0.2, 0) is 4.74 Å². The van der Waals surface area contributed by atoms with Crippen molar-refractivity contribution in [1.29, 1.82) is 0 Å². The van der Waals surface area contributed by atoms with Gasteiger partial charge in [-0.3, -0.25) is 0 Å². The quantitative estimate of drug-likeness (QED) is 0.749. The molecule has 1 N–H and O–H groups in total. The molecule has 1 aliphatic carbocycles. The molecule has 4 heteroatoms. The first kappa shape index (κ1) is 13.7. The van der Waals surface area contributed by atoms with Crippen LogP contribution in [-0.4, -0.2) is 42.4 Å². The van der Waals surface area contributed by atoms with E-state index in [-0.39, 0.29) is 0 Å². The van der Waals surface area contributed by atoms with Crippen LogP contribution in [0.25, 0.3) is 0 Å². The number of hydrogen-bond donors (Lipinski definition) is 1. The van der Waals surface area contributed by atoms with E-state index in [0.29, 0.717) is 12.1 Å². The summed E-state index contributed by atoms with van der Waals surface area (Å²) in [5, 5.41) is 4.28. The minimum Gasteiger partial charge on any atom is -0.377 e. The van der Waals surface area contributed by atoms with Crippen molar-refractivity contribution < 1.29 is 4.74 Å². The van der Waals surface area contributed by atoms with E-state index >= 15 is 0 Å². The molecule has 0 heterocycles. The predicted molar refractivity (Wildman–Crippen MR) is 71.7 cm³/mol. The molecule has 0 spiro atoms. The highest BCUT2D eigenvalue weighted by Crippen LogP contribution is 2.17. The second-order valence-electron chi connectivity index (χ2n) is 4.77. The molecule has 0 unspecified atom stereocenters. The summed E-state index contributed by atoms with van der Waals surface area (Å²) in [6, 6.07) is 0.598. The van der Waals surface area contributed by atoms with Crippen molar-refractivity contribution in [2.45, 2.75) is 51.7 Å². The van der Waals surface area contributed by atoms with Gasteiger partial charge < -0.3 is 15.0 Å². The molecule has 1 fully saturated rings. The largest absolute Gasteiger partial charge is 0.377 e. The van der Waals surface area contributed by atoms with Crippen LogP contribution in [0.5, 0.6) is 0 Å². The fraction of sp³-hybridized carbons (Fsp3) is 0.917. The third-order valence-electron chi connectivity index (χ3n) is 2.91. The fourth-order valence-electron chi connectivity index (χ4n) is 1.88. The standard InChI is InChI=1S/C12H24N2OS/c1-10(2)15-9-8-14(3)12(16)13-11-6-4-5-7-11/h10-11H,4-9H2,1-3H3,(H,13,16). The molecule has 0 radical (unpaired) electrons. The first-order chi connectivity index (χ1) is 7.59. The number of hydrogen-bond acceptors (Lipinski definition) is 2. The maximum atomic E-state index is 5.50. The normalized spacial score (nSPS) is 16.8. The summed E-state index contributed by atoms with van der Waals surface area (Å²) in [7, 11) is 2.02. The van der Waals surface area contributed by atoms with Gasteiger partial charge in [-0.25, -0.2) is 0 Å². The SMILES string of the molecule is CC(C)OCCN(C)C(=S)NC1CCCC1. The van der Waals surface area contributed by atoms with Gasteiger partial charge in [0.1, 0.15) is 0 Å². The maximum Gasteiger partial charge on any atom is 0.168 e. The molecular formula is C12H24N2OS. The van der Waals surface area contributed by atoms with Crippen LogP contribution in [0.15, 0.2) is 0 Å². The fourth-order valence-corrected chi connectivity index (χ4v) is 2.14. The van der Waals surface area contributed by atoms with Gasteiger partial charge in [0, 0.05) is 19.6 Å².